The zero-order chi connectivity index (χ0) is 36.0. The summed E-state index contributed by atoms with van der Waals surface area (Å²) in [5, 5.41) is 10.5. The maximum Gasteiger partial charge on any atom is 0.0566 e. The van der Waals surface area contributed by atoms with Crippen LogP contribution in [-0.4, -0.2) is 46.2 Å². The van der Waals surface area contributed by atoms with Crippen LogP contribution in [0.5, 0.6) is 0 Å². The van der Waals surface area contributed by atoms with Crippen LogP contribution in [0.25, 0.3) is 0 Å². The fourth-order valence-electron chi connectivity index (χ4n) is 5.99. The summed E-state index contributed by atoms with van der Waals surface area (Å²) >= 11 is 0. The third-order valence-electron chi connectivity index (χ3n) is 9.55. The number of aliphatic hydroxyl groups excluding tert-OH is 1. The van der Waals surface area contributed by atoms with Gasteiger partial charge in [0.1, 0.15) is 0 Å². The van der Waals surface area contributed by atoms with Gasteiger partial charge in [-0.05, 0) is 83.1 Å². The summed E-state index contributed by atoms with van der Waals surface area (Å²) in [5.41, 5.74) is -0.257. The Hall–Kier alpha value is -0.943. The highest BCUT2D eigenvalue weighted by Crippen LogP contribution is 2.27. The molecule has 0 aromatic rings. The molecule has 1 unspecified atom stereocenters. The van der Waals surface area contributed by atoms with Crippen molar-refractivity contribution in [3.8, 4) is 0 Å². The first kappa shape index (κ1) is 48.1. The van der Waals surface area contributed by atoms with Crippen molar-refractivity contribution < 1.29 is 14.6 Å². The number of allylic oxidation sites excluding steroid dienone is 8. The lowest BCUT2D eigenvalue weighted by atomic mass is 9.84. The zero-order valence-corrected chi connectivity index (χ0v) is 34.8. The monoisotopic (exact) mass is 703 g/mol. The Morgan fingerprint density at radius 1 is 0.469 bits per heavy atom. The molecular weight excluding hydrogens is 617 g/mol. The second-order valence-corrected chi connectivity index (χ2v) is 21.6. The van der Waals surface area contributed by atoms with Gasteiger partial charge in [0.15, 0.2) is 0 Å². The van der Waals surface area contributed by atoms with E-state index in [0.717, 1.165) is 45.3 Å². The molecular formula is C45H86O3Si. The van der Waals surface area contributed by atoms with Crippen molar-refractivity contribution in [1.29, 1.82) is 0 Å². The van der Waals surface area contributed by atoms with Crippen molar-refractivity contribution in [1.82, 2.24) is 0 Å². The molecule has 0 fully saturated rings. The molecule has 0 bridgehead atoms. The van der Waals surface area contributed by atoms with Crippen LogP contribution in [0.4, 0.5) is 0 Å². The SMILES string of the molecule is CCCCCC=CCC=CCCCCCCCCOCC(CO)(CCCCCCCCC=CCC=CCCCCC)COCC[Si](C)(C)C. The average molecular weight is 703 g/mol. The van der Waals surface area contributed by atoms with E-state index in [0.29, 0.717) is 13.2 Å². The average Bonchev–Trinajstić information content (AvgIpc) is 3.08. The van der Waals surface area contributed by atoms with Crippen LogP contribution >= 0.6 is 0 Å². The van der Waals surface area contributed by atoms with Gasteiger partial charge in [0.05, 0.1) is 19.8 Å². The Labute approximate surface area is 308 Å². The predicted octanol–water partition coefficient (Wildman–Crippen LogP) is 14.4. The number of hydrogen-bond acceptors (Lipinski definition) is 3. The Kier molecular flexibility index (Phi) is 36.1. The fraction of sp³-hybridized carbons (Fsp3) is 0.822. The first-order valence-corrected chi connectivity index (χ1v) is 25.0. The van der Waals surface area contributed by atoms with Gasteiger partial charge < -0.3 is 14.6 Å². The maximum atomic E-state index is 10.5. The van der Waals surface area contributed by atoms with E-state index in [4.69, 9.17) is 9.47 Å². The molecule has 0 aliphatic rings. The molecule has 49 heavy (non-hydrogen) atoms. The molecule has 0 amide bonds. The first-order valence-electron chi connectivity index (χ1n) is 21.3. The quantitative estimate of drug-likeness (QED) is 0.0395. The minimum absolute atomic E-state index is 0.157. The van der Waals surface area contributed by atoms with Crippen LogP contribution < -0.4 is 0 Å². The molecule has 4 heteroatoms. The fourth-order valence-corrected chi connectivity index (χ4v) is 6.75. The van der Waals surface area contributed by atoms with Gasteiger partial charge in [-0.2, -0.15) is 0 Å². The molecule has 0 aromatic carbocycles. The van der Waals surface area contributed by atoms with Gasteiger partial charge in [-0.25, -0.2) is 0 Å². The minimum Gasteiger partial charge on any atom is -0.396 e. The van der Waals surface area contributed by atoms with Crippen LogP contribution in [0.2, 0.25) is 25.7 Å². The lowest BCUT2D eigenvalue weighted by Gasteiger charge is -2.32. The van der Waals surface area contributed by atoms with Crippen LogP contribution in [0.1, 0.15) is 174 Å². The standard InChI is InChI=1S/C45H86O3Si/c1-6-8-10-12-14-16-18-20-22-24-26-28-30-32-34-36-38-45(42-46,44-48-40-41-49(3,4)5)43-47-39-37-35-33-31-29-27-25-23-21-19-17-15-13-11-9-7-2/h14-17,20-23,46H,6-13,18-19,24-44H2,1-5H3. The number of ether oxygens (including phenoxy) is 2. The molecule has 0 aromatic heterocycles. The summed E-state index contributed by atoms with van der Waals surface area (Å²) in [6, 6.07) is 1.17. The molecule has 0 saturated heterocycles. The van der Waals surface area contributed by atoms with E-state index in [-0.39, 0.29) is 12.0 Å². The lowest BCUT2D eigenvalue weighted by Crippen LogP contribution is -2.37. The van der Waals surface area contributed by atoms with Crippen LogP contribution in [0.15, 0.2) is 48.6 Å². The Morgan fingerprint density at radius 2 is 0.857 bits per heavy atom. The largest absolute Gasteiger partial charge is 0.396 e. The van der Waals surface area contributed by atoms with Gasteiger partial charge in [-0.1, -0.05) is 166 Å². The summed E-state index contributed by atoms with van der Waals surface area (Å²) < 4.78 is 12.4. The highest BCUT2D eigenvalue weighted by Gasteiger charge is 2.30. The normalized spacial score (nSPS) is 14.0. The summed E-state index contributed by atoms with van der Waals surface area (Å²) in [7, 11) is -1.13. The molecule has 0 aliphatic carbocycles. The van der Waals surface area contributed by atoms with Gasteiger partial charge in [-0.15, -0.1) is 0 Å². The van der Waals surface area contributed by atoms with Crippen molar-refractivity contribution in [3.63, 3.8) is 0 Å². The third kappa shape index (κ3) is 36.6. The topological polar surface area (TPSA) is 38.7 Å². The molecule has 1 N–H and O–H groups in total. The van der Waals surface area contributed by atoms with E-state index in [9.17, 15) is 5.11 Å². The molecule has 0 radical (unpaired) electrons. The zero-order valence-electron chi connectivity index (χ0n) is 33.8. The van der Waals surface area contributed by atoms with Crippen molar-refractivity contribution in [3.05, 3.63) is 48.6 Å². The van der Waals surface area contributed by atoms with E-state index < -0.39 is 8.07 Å². The number of rotatable bonds is 38. The smallest absolute Gasteiger partial charge is 0.0566 e. The Bertz CT molecular complexity index is 781. The van der Waals surface area contributed by atoms with Crippen molar-refractivity contribution in [2.45, 2.75) is 200 Å². The van der Waals surface area contributed by atoms with Crippen molar-refractivity contribution in [2.24, 2.45) is 5.41 Å². The van der Waals surface area contributed by atoms with Crippen LogP contribution in [0.3, 0.4) is 0 Å². The van der Waals surface area contributed by atoms with E-state index in [1.165, 1.54) is 134 Å². The summed E-state index contributed by atoms with van der Waals surface area (Å²) in [6.45, 7) is 14.7. The Morgan fingerprint density at radius 3 is 1.29 bits per heavy atom. The maximum absolute atomic E-state index is 10.5. The van der Waals surface area contributed by atoms with E-state index in [1.54, 1.807) is 0 Å². The highest BCUT2D eigenvalue weighted by atomic mass is 28.3. The predicted molar refractivity (Wildman–Crippen MR) is 223 cm³/mol. The van der Waals surface area contributed by atoms with Gasteiger partial charge in [0.25, 0.3) is 0 Å². The van der Waals surface area contributed by atoms with Gasteiger partial charge in [0.2, 0.25) is 0 Å². The summed E-state index contributed by atoms with van der Waals surface area (Å²) in [6.07, 6.45) is 49.9. The van der Waals surface area contributed by atoms with Crippen molar-refractivity contribution >= 4 is 8.07 Å². The summed E-state index contributed by atoms with van der Waals surface area (Å²) in [4.78, 5) is 0. The number of aliphatic hydroxyl groups is 1. The molecule has 0 heterocycles. The molecule has 0 rings (SSSR count). The molecule has 0 aliphatic heterocycles. The highest BCUT2D eigenvalue weighted by molar-refractivity contribution is 6.76. The first-order chi connectivity index (χ1) is 23.9. The van der Waals surface area contributed by atoms with Gasteiger partial charge in [0, 0.05) is 26.7 Å². The molecule has 0 spiro atoms. The minimum atomic E-state index is -1.13. The van der Waals surface area contributed by atoms with Crippen LogP contribution in [0, 0.1) is 5.41 Å². The number of hydrogen-bond donors (Lipinski definition) is 1. The molecule has 288 valence electrons. The van der Waals surface area contributed by atoms with Crippen LogP contribution in [-0.2, 0) is 9.47 Å². The molecule has 3 nitrogen and oxygen atoms in total. The summed E-state index contributed by atoms with van der Waals surface area (Å²) in [5.74, 6) is 0. The second-order valence-electron chi connectivity index (χ2n) is 16.0. The second kappa shape index (κ2) is 36.8. The molecule has 0 saturated carbocycles. The molecule has 1 atom stereocenters. The van der Waals surface area contributed by atoms with Gasteiger partial charge >= 0.3 is 0 Å². The van der Waals surface area contributed by atoms with E-state index in [1.807, 2.05) is 0 Å². The van der Waals surface area contributed by atoms with Gasteiger partial charge in [-0.3, -0.25) is 0 Å². The lowest BCUT2D eigenvalue weighted by molar-refractivity contribution is -0.0550. The third-order valence-corrected chi connectivity index (χ3v) is 11.2. The van der Waals surface area contributed by atoms with Crippen molar-refractivity contribution in [2.75, 3.05) is 33.0 Å². The number of unbranched alkanes of at least 4 members (excludes halogenated alkanes) is 18. The Balaban J connectivity index is 4.15. The van der Waals surface area contributed by atoms with E-state index in [2.05, 4.69) is 82.1 Å². The van der Waals surface area contributed by atoms with E-state index >= 15 is 0 Å².